The Morgan fingerprint density at radius 1 is 1.35 bits per heavy atom. The molecule has 1 aliphatic rings. The largest absolute Gasteiger partial charge is 0.480 e. The van der Waals surface area contributed by atoms with Crippen molar-refractivity contribution in [2.45, 2.75) is 12.5 Å². The monoisotopic (exact) mass is 247 g/mol. The van der Waals surface area contributed by atoms with E-state index in [0.29, 0.717) is 26.3 Å². The lowest BCUT2D eigenvalue weighted by molar-refractivity contribution is -0.139. The molecule has 4 N–H and O–H groups in total. The van der Waals surface area contributed by atoms with Gasteiger partial charge in [0.05, 0.1) is 13.2 Å². The summed E-state index contributed by atoms with van der Waals surface area (Å²) in [5.74, 6) is -1.13. The van der Waals surface area contributed by atoms with Gasteiger partial charge in [0.25, 0.3) is 0 Å². The van der Waals surface area contributed by atoms with Gasteiger partial charge in [0.15, 0.2) is 0 Å². The van der Waals surface area contributed by atoms with E-state index in [1.54, 1.807) is 5.01 Å². The number of morpholine rings is 1. The van der Waals surface area contributed by atoms with Crippen LogP contribution in [0.15, 0.2) is 0 Å². The average Bonchev–Trinajstić information content (AvgIpc) is 2.29. The first-order valence-electron chi connectivity index (χ1n) is 5.34. The number of aliphatic carboxylic acids is 1. The van der Waals surface area contributed by atoms with Crippen molar-refractivity contribution in [2.75, 3.05) is 32.8 Å². The molecule has 0 unspecified atom stereocenters. The van der Waals surface area contributed by atoms with Gasteiger partial charge < -0.3 is 20.7 Å². The van der Waals surface area contributed by atoms with Crippen LogP contribution in [-0.4, -0.2) is 71.2 Å². The fraction of sp³-hybridized carbons (Fsp3) is 0.778. The Hall–Kier alpha value is -1.38. The van der Waals surface area contributed by atoms with E-state index < -0.39 is 18.1 Å². The first-order chi connectivity index (χ1) is 8.02. The number of ether oxygens (including phenoxy) is 1. The fourth-order valence-corrected chi connectivity index (χ4v) is 1.54. The maximum atomic E-state index is 11.0. The van der Waals surface area contributed by atoms with Crippen molar-refractivity contribution in [3.8, 4) is 0 Å². The summed E-state index contributed by atoms with van der Waals surface area (Å²) in [4.78, 5) is 21.6. The molecule has 17 heavy (non-hydrogen) atoms. The van der Waals surface area contributed by atoms with Gasteiger partial charge in [0.2, 0.25) is 0 Å². The molecule has 0 aromatic heterocycles. The fourth-order valence-electron chi connectivity index (χ4n) is 1.54. The Morgan fingerprint density at radius 2 is 1.94 bits per heavy atom. The molecule has 0 spiro atoms. The predicted octanol–water partition coefficient (Wildman–Crippen LogP) is -0.984. The highest BCUT2D eigenvalue weighted by Gasteiger charge is 2.24. The molecule has 1 fully saturated rings. The maximum absolute atomic E-state index is 11.0. The minimum absolute atomic E-state index is 0.0722. The number of hydrazine groups is 1. The second-order valence-electron chi connectivity index (χ2n) is 3.71. The van der Waals surface area contributed by atoms with Crippen molar-refractivity contribution < 1.29 is 24.5 Å². The van der Waals surface area contributed by atoms with Crippen LogP contribution in [0.1, 0.15) is 6.42 Å². The SMILES string of the molecule is N[C@@H](CCN(C(=O)O)N1CCOCC1)C(=O)O. The summed E-state index contributed by atoms with van der Waals surface area (Å²) in [6.07, 6.45) is -1.02. The summed E-state index contributed by atoms with van der Waals surface area (Å²) >= 11 is 0. The average molecular weight is 247 g/mol. The predicted molar refractivity (Wildman–Crippen MR) is 57.4 cm³/mol. The molecule has 1 saturated heterocycles. The first kappa shape index (κ1) is 13.7. The van der Waals surface area contributed by atoms with Crippen LogP contribution in [-0.2, 0) is 9.53 Å². The molecule has 8 heteroatoms. The first-order valence-corrected chi connectivity index (χ1v) is 5.34. The highest BCUT2D eigenvalue weighted by atomic mass is 16.5. The Labute approximate surface area is 98.5 Å². The number of hydrogen-bond acceptors (Lipinski definition) is 5. The van der Waals surface area contributed by atoms with Crippen LogP contribution in [0.5, 0.6) is 0 Å². The van der Waals surface area contributed by atoms with Gasteiger partial charge in [-0.2, -0.15) is 0 Å². The van der Waals surface area contributed by atoms with E-state index in [0.717, 1.165) is 5.01 Å². The van der Waals surface area contributed by atoms with E-state index in [1.165, 1.54) is 0 Å². The Bertz CT molecular complexity index is 280. The van der Waals surface area contributed by atoms with E-state index in [2.05, 4.69) is 0 Å². The Kier molecular flexibility index (Phi) is 5.13. The summed E-state index contributed by atoms with van der Waals surface area (Å²) in [6.45, 7) is 1.97. The molecule has 0 aromatic carbocycles. The van der Waals surface area contributed by atoms with Gasteiger partial charge in [-0.15, -0.1) is 0 Å². The van der Waals surface area contributed by atoms with Crippen LogP contribution in [0, 0.1) is 0 Å². The van der Waals surface area contributed by atoms with E-state index in [-0.39, 0.29) is 13.0 Å². The number of carboxylic acids is 1. The Balaban J connectivity index is 2.48. The second-order valence-corrected chi connectivity index (χ2v) is 3.71. The molecule has 98 valence electrons. The molecule has 1 rings (SSSR count). The molecule has 0 aromatic rings. The molecule has 1 heterocycles. The molecule has 0 saturated carbocycles. The van der Waals surface area contributed by atoms with Crippen molar-refractivity contribution in [1.82, 2.24) is 10.0 Å². The van der Waals surface area contributed by atoms with Crippen LogP contribution in [0.4, 0.5) is 4.79 Å². The van der Waals surface area contributed by atoms with Gasteiger partial charge in [-0.1, -0.05) is 0 Å². The zero-order valence-electron chi connectivity index (χ0n) is 9.41. The third-order valence-electron chi connectivity index (χ3n) is 2.52. The van der Waals surface area contributed by atoms with E-state index in [9.17, 15) is 9.59 Å². The number of amides is 1. The number of hydrogen-bond donors (Lipinski definition) is 3. The maximum Gasteiger partial charge on any atom is 0.421 e. The zero-order chi connectivity index (χ0) is 12.8. The van der Waals surface area contributed by atoms with Crippen LogP contribution in [0.25, 0.3) is 0 Å². The minimum Gasteiger partial charge on any atom is -0.480 e. The number of nitrogens with zero attached hydrogens (tertiary/aromatic N) is 2. The highest BCUT2D eigenvalue weighted by Crippen LogP contribution is 2.05. The molecule has 8 nitrogen and oxygen atoms in total. The molecule has 0 radical (unpaired) electrons. The van der Waals surface area contributed by atoms with E-state index in [4.69, 9.17) is 20.7 Å². The van der Waals surface area contributed by atoms with E-state index >= 15 is 0 Å². The molecule has 0 aliphatic carbocycles. The zero-order valence-corrected chi connectivity index (χ0v) is 9.41. The molecule has 1 atom stereocenters. The van der Waals surface area contributed by atoms with Crippen LogP contribution in [0.2, 0.25) is 0 Å². The lowest BCUT2D eigenvalue weighted by Crippen LogP contribution is -2.52. The normalized spacial score (nSPS) is 18.6. The molecule has 1 aliphatic heterocycles. The van der Waals surface area contributed by atoms with Crippen molar-refractivity contribution in [2.24, 2.45) is 5.73 Å². The molecule has 1 amide bonds. The molecular formula is C9H17N3O5. The quantitative estimate of drug-likeness (QED) is 0.571. The highest BCUT2D eigenvalue weighted by molar-refractivity contribution is 5.73. The summed E-state index contributed by atoms with van der Waals surface area (Å²) < 4.78 is 5.11. The van der Waals surface area contributed by atoms with Crippen molar-refractivity contribution in [3.63, 3.8) is 0 Å². The number of rotatable bonds is 5. The number of carbonyl (C=O) groups is 2. The van der Waals surface area contributed by atoms with Gasteiger partial charge in [0.1, 0.15) is 6.04 Å². The third-order valence-corrected chi connectivity index (χ3v) is 2.52. The lowest BCUT2D eigenvalue weighted by Gasteiger charge is -2.35. The van der Waals surface area contributed by atoms with Gasteiger partial charge in [-0.3, -0.25) is 4.79 Å². The number of nitrogens with two attached hydrogens (primary N) is 1. The van der Waals surface area contributed by atoms with Crippen LogP contribution in [0.3, 0.4) is 0 Å². The van der Waals surface area contributed by atoms with Gasteiger partial charge >= 0.3 is 12.1 Å². The van der Waals surface area contributed by atoms with Crippen molar-refractivity contribution >= 4 is 12.1 Å². The molecular weight excluding hydrogens is 230 g/mol. The molecule has 0 bridgehead atoms. The lowest BCUT2D eigenvalue weighted by atomic mass is 10.2. The second kappa shape index (κ2) is 6.38. The summed E-state index contributed by atoms with van der Waals surface area (Å²) in [5.41, 5.74) is 5.33. The standard InChI is InChI=1S/C9H17N3O5/c10-7(8(13)14)1-2-12(9(15)16)11-3-5-17-6-4-11/h7H,1-6,10H2,(H,13,14)(H,15,16)/t7-/m0/s1. The smallest absolute Gasteiger partial charge is 0.421 e. The van der Waals surface area contributed by atoms with Gasteiger partial charge in [-0.25, -0.2) is 14.8 Å². The number of carboxylic acid groups (broad SMARTS) is 2. The van der Waals surface area contributed by atoms with Crippen LogP contribution < -0.4 is 5.73 Å². The minimum atomic E-state index is -1.13. The Morgan fingerprint density at radius 3 is 2.41 bits per heavy atom. The van der Waals surface area contributed by atoms with Crippen molar-refractivity contribution in [1.29, 1.82) is 0 Å². The van der Waals surface area contributed by atoms with Crippen molar-refractivity contribution in [3.05, 3.63) is 0 Å². The topological polar surface area (TPSA) is 116 Å². The third kappa shape index (κ3) is 4.17. The van der Waals surface area contributed by atoms with Gasteiger partial charge in [0, 0.05) is 19.6 Å². The summed E-state index contributed by atoms with van der Waals surface area (Å²) in [7, 11) is 0. The summed E-state index contributed by atoms with van der Waals surface area (Å²) in [6, 6.07) is -1.04. The van der Waals surface area contributed by atoms with Gasteiger partial charge in [-0.05, 0) is 6.42 Å². The summed E-state index contributed by atoms with van der Waals surface area (Å²) in [5, 5.41) is 20.4. The van der Waals surface area contributed by atoms with Crippen LogP contribution >= 0.6 is 0 Å². The van der Waals surface area contributed by atoms with E-state index in [1.807, 2.05) is 0 Å².